The van der Waals surface area contributed by atoms with E-state index >= 15 is 0 Å². The van der Waals surface area contributed by atoms with Gasteiger partial charge in [-0.05, 0) is 34.1 Å². The van der Waals surface area contributed by atoms with Gasteiger partial charge in [0, 0.05) is 12.5 Å². The fraction of sp³-hybridized carbons (Fsp3) is 0.529. The third-order valence-electron chi connectivity index (χ3n) is 3.97. The number of hydrogen-bond acceptors (Lipinski definition) is 4. The maximum atomic E-state index is 5.93. The molecule has 0 spiro atoms. The van der Waals surface area contributed by atoms with Gasteiger partial charge in [0.2, 0.25) is 0 Å². The highest BCUT2D eigenvalue weighted by molar-refractivity contribution is 14.1. The fourth-order valence-corrected chi connectivity index (χ4v) is 3.04. The van der Waals surface area contributed by atoms with Gasteiger partial charge in [-0.15, -0.1) is 0 Å². The Kier molecular flexibility index (Phi) is 7.14. The molecule has 1 aromatic carbocycles. The minimum Gasteiger partial charge on any atom is -0.497 e. The van der Waals surface area contributed by atoms with Crippen molar-refractivity contribution in [2.45, 2.75) is 13.0 Å². The van der Waals surface area contributed by atoms with Crippen LogP contribution in [0.4, 0.5) is 0 Å². The first-order valence-electron chi connectivity index (χ1n) is 7.28. The summed E-state index contributed by atoms with van der Waals surface area (Å²) in [4.78, 5) is 0. The molecule has 0 aromatic heterocycles. The van der Waals surface area contributed by atoms with E-state index in [-0.39, 0.29) is 5.41 Å². The lowest BCUT2D eigenvalue weighted by atomic mass is 10.1. The van der Waals surface area contributed by atoms with Crippen LogP contribution in [-0.2, 0) is 20.8 Å². The van der Waals surface area contributed by atoms with Crippen LogP contribution in [0, 0.1) is 11.3 Å². The number of benzene rings is 1. The molecule has 1 saturated carbocycles. The van der Waals surface area contributed by atoms with Crippen molar-refractivity contribution in [1.82, 2.24) is 0 Å². The lowest BCUT2D eigenvalue weighted by molar-refractivity contribution is -0.0632. The summed E-state index contributed by atoms with van der Waals surface area (Å²) in [5.41, 5.74) is 1.25. The van der Waals surface area contributed by atoms with Crippen LogP contribution in [0.25, 0.3) is 0 Å². The molecule has 1 fully saturated rings. The number of hydrogen-bond donors (Lipinski definition) is 0. The van der Waals surface area contributed by atoms with Crippen molar-refractivity contribution in [2.75, 3.05) is 34.2 Å². The van der Waals surface area contributed by atoms with E-state index in [1.165, 1.54) is 0 Å². The molecule has 5 heteroatoms. The highest BCUT2D eigenvalue weighted by Crippen LogP contribution is 2.54. The molecule has 1 aliphatic rings. The predicted octanol–water partition coefficient (Wildman–Crippen LogP) is 3.79. The number of allylic oxidation sites excluding steroid dienone is 1. The molecule has 1 aromatic rings. The SMILES string of the molecule is COCOCC1(COCc2ccc(OC)cc2)CC1C=CI. The van der Waals surface area contributed by atoms with Crippen LogP contribution in [0.3, 0.4) is 0 Å². The van der Waals surface area contributed by atoms with Gasteiger partial charge in [-0.3, -0.25) is 0 Å². The van der Waals surface area contributed by atoms with Crippen LogP contribution in [0.15, 0.2) is 34.4 Å². The molecular formula is C17H23IO4. The standard InChI is InChI=1S/C17H23IO4/c1-19-13-22-12-17(9-15(17)7-8-18)11-21-10-14-3-5-16(20-2)6-4-14/h3-8,15H,9-13H2,1-2H3. The molecule has 2 rings (SSSR count). The summed E-state index contributed by atoms with van der Waals surface area (Å²) in [5.74, 6) is 1.40. The molecule has 0 radical (unpaired) electrons. The van der Waals surface area contributed by atoms with Gasteiger partial charge in [0.15, 0.2) is 0 Å². The van der Waals surface area contributed by atoms with Crippen molar-refractivity contribution in [3.8, 4) is 5.75 Å². The molecule has 2 unspecified atom stereocenters. The van der Waals surface area contributed by atoms with Crippen LogP contribution in [0.2, 0.25) is 0 Å². The third kappa shape index (κ3) is 4.94. The molecule has 1 aliphatic carbocycles. The molecule has 4 nitrogen and oxygen atoms in total. The highest BCUT2D eigenvalue weighted by Gasteiger charge is 2.53. The van der Waals surface area contributed by atoms with E-state index in [0.717, 1.165) is 17.7 Å². The topological polar surface area (TPSA) is 36.9 Å². The van der Waals surface area contributed by atoms with Gasteiger partial charge in [-0.2, -0.15) is 0 Å². The quantitative estimate of drug-likeness (QED) is 0.329. The molecule has 0 heterocycles. The Hall–Kier alpha value is -0.630. The number of methoxy groups -OCH3 is 2. The fourth-order valence-electron chi connectivity index (χ4n) is 2.53. The molecule has 0 saturated heterocycles. The van der Waals surface area contributed by atoms with Crippen molar-refractivity contribution >= 4 is 22.6 Å². The molecule has 22 heavy (non-hydrogen) atoms. The van der Waals surface area contributed by atoms with Crippen LogP contribution >= 0.6 is 22.6 Å². The zero-order valence-corrected chi connectivity index (χ0v) is 15.2. The van der Waals surface area contributed by atoms with Crippen molar-refractivity contribution in [1.29, 1.82) is 0 Å². The van der Waals surface area contributed by atoms with Crippen LogP contribution < -0.4 is 4.74 Å². The van der Waals surface area contributed by atoms with Crippen molar-refractivity contribution in [2.24, 2.45) is 11.3 Å². The van der Waals surface area contributed by atoms with E-state index in [1.807, 2.05) is 24.3 Å². The molecule has 0 aliphatic heterocycles. The largest absolute Gasteiger partial charge is 0.497 e. The Morgan fingerprint density at radius 2 is 1.91 bits per heavy atom. The second-order valence-corrected chi connectivity index (χ2v) is 6.31. The summed E-state index contributed by atoms with van der Waals surface area (Å²) in [6.45, 7) is 2.32. The van der Waals surface area contributed by atoms with Gasteiger partial charge in [0.05, 0.1) is 26.9 Å². The summed E-state index contributed by atoms with van der Waals surface area (Å²) < 4.78 is 23.7. The third-order valence-corrected chi connectivity index (χ3v) is 4.38. The molecular weight excluding hydrogens is 395 g/mol. The van der Waals surface area contributed by atoms with E-state index in [1.54, 1.807) is 14.2 Å². The van der Waals surface area contributed by atoms with Crippen molar-refractivity contribution < 1.29 is 18.9 Å². The van der Waals surface area contributed by atoms with E-state index in [2.05, 4.69) is 32.7 Å². The van der Waals surface area contributed by atoms with Crippen LogP contribution in [0.5, 0.6) is 5.75 Å². The first-order valence-corrected chi connectivity index (χ1v) is 8.53. The smallest absolute Gasteiger partial charge is 0.146 e. The molecule has 0 N–H and O–H groups in total. The highest BCUT2D eigenvalue weighted by atomic mass is 127. The Morgan fingerprint density at radius 1 is 1.18 bits per heavy atom. The van der Waals surface area contributed by atoms with E-state index < -0.39 is 0 Å². The Labute approximate surface area is 145 Å². The van der Waals surface area contributed by atoms with Gasteiger partial charge in [-0.1, -0.05) is 40.8 Å². The van der Waals surface area contributed by atoms with Crippen LogP contribution in [0.1, 0.15) is 12.0 Å². The minimum atomic E-state index is 0.104. The van der Waals surface area contributed by atoms with Gasteiger partial charge >= 0.3 is 0 Å². The molecule has 0 amide bonds. The predicted molar refractivity (Wildman–Crippen MR) is 94.2 cm³/mol. The monoisotopic (exact) mass is 418 g/mol. The molecule has 2 atom stereocenters. The number of ether oxygens (including phenoxy) is 4. The number of rotatable bonds is 10. The van der Waals surface area contributed by atoms with Gasteiger partial charge < -0.3 is 18.9 Å². The summed E-state index contributed by atoms with van der Waals surface area (Å²) in [6, 6.07) is 7.97. The number of halogens is 1. The van der Waals surface area contributed by atoms with Crippen molar-refractivity contribution in [3.05, 3.63) is 40.0 Å². The lowest BCUT2D eigenvalue weighted by Gasteiger charge is -2.17. The minimum absolute atomic E-state index is 0.104. The second kappa shape index (κ2) is 8.86. The van der Waals surface area contributed by atoms with Gasteiger partial charge in [0.1, 0.15) is 12.5 Å². The van der Waals surface area contributed by atoms with E-state index in [0.29, 0.717) is 32.5 Å². The van der Waals surface area contributed by atoms with Crippen LogP contribution in [-0.4, -0.2) is 34.2 Å². The Balaban J connectivity index is 1.81. The first kappa shape index (κ1) is 17.7. The molecule has 0 bridgehead atoms. The Bertz CT molecular complexity index is 474. The molecule has 122 valence electrons. The van der Waals surface area contributed by atoms with Gasteiger partial charge in [-0.25, -0.2) is 0 Å². The first-order chi connectivity index (χ1) is 10.7. The zero-order valence-electron chi connectivity index (χ0n) is 13.1. The Morgan fingerprint density at radius 3 is 2.55 bits per heavy atom. The lowest BCUT2D eigenvalue weighted by Crippen LogP contribution is -2.20. The summed E-state index contributed by atoms with van der Waals surface area (Å²) in [6.07, 6.45) is 3.34. The average Bonchev–Trinajstić information content (AvgIpc) is 3.21. The summed E-state index contributed by atoms with van der Waals surface area (Å²) in [7, 11) is 3.31. The maximum absolute atomic E-state index is 5.93. The zero-order chi connectivity index (χ0) is 15.8. The van der Waals surface area contributed by atoms with Crippen molar-refractivity contribution in [3.63, 3.8) is 0 Å². The average molecular weight is 418 g/mol. The maximum Gasteiger partial charge on any atom is 0.146 e. The van der Waals surface area contributed by atoms with Gasteiger partial charge in [0.25, 0.3) is 0 Å². The summed E-state index contributed by atoms with van der Waals surface area (Å²) in [5, 5.41) is 0. The van der Waals surface area contributed by atoms with E-state index in [9.17, 15) is 0 Å². The second-order valence-electron chi connectivity index (χ2n) is 5.59. The summed E-state index contributed by atoms with van der Waals surface area (Å²) >= 11 is 2.26. The van der Waals surface area contributed by atoms with E-state index in [4.69, 9.17) is 18.9 Å². The normalized spacial score (nSPS) is 23.9.